The zero-order chi connectivity index (χ0) is 20.8. The Morgan fingerprint density at radius 1 is 1.21 bits per heavy atom. The lowest BCUT2D eigenvalue weighted by atomic mass is 10.2. The first-order valence-electron chi connectivity index (χ1n) is 8.78. The molecule has 2 aromatic heterocycles. The van der Waals surface area contributed by atoms with Crippen molar-refractivity contribution in [2.24, 2.45) is 0 Å². The number of benzene rings is 1. The van der Waals surface area contributed by atoms with E-state index in [2.05, 4.69) is 20.4 Å². The van der Waals surface area contributed by atoms with Gasteiger partial charge < -0.3 is 5.32 Å². The summed E-state index contributed by atoms with van der Waals surface area (Å²) in [6, 6.07) is 8.56. The number of halogens is 3. The third-order valence-electron chi connectivity index (χ3n) is 4.47. The number of aryl methyl sites for hydroxylation is 1. The molecule has 3 heterocycles. The first kappa shape index (κ1) is 19.4. The van der Waals surface area contributed by atoms with Gasteiger partial charge in [0, 0.05) is 24.8 Å². The van der Waals surface area contributed by atoms with Crippen molar-refractivity contribution < 1.29 is 21.6 Å². The highest BCUT2D eigenvalue weighted by Crippen LogP contribution is 2.28. The van der Waals surface area contributed by atoms with Crippen LogP contribution >= 0.6 is 0 Å². The SMILES string of the molecule is Cc1cc(NCc2cccc(N3CCCS3(=O)=O)c2)n2nc(C(F)(F)F)nc2n1. The number of hydrogen-bond donors (Lipinski definition) is 1. The summed E-state index contributed by atoms with van der Waals surface area (Å²) in [6.45, 7) is 2.33. The number of fused-ring (bicyclic) bond motifs is 1. The van der Waals surface area contributed by atoms with Crippen LogP contribution in [0.4, 0.5) is 24.7 Å². The van der Waals surface area contributed by atoms with Gasteiger partial charge in [-0.2, -0.15) is 22.7 Å². The van der Waals surface area contributed by atoms with Gasteiger partial charge in [-0.1, -0.05) is 12.1 Å². The fourth-order valence-corrected chi connectivity index (χ4v) is 4.73. The molecule has 1 aliphatic rings. The van der Waals surface area contributed by atoms with Crippen molar-refractivity contribution in [3.63, 3.8) is 0 Å². The molecule has 0 bridgehead atoms. The van der Waals surface area contributed by atoms with E-state index >= 15 is 0 Å². The Bertz CT molecular complexity index is 1180. The first-order valence-corrected chi connectivity index (χ1v) is 10.4. The number of sulfonamides is 1. The highest BCUT2D eigenvalue weighted by molar-refractivity contribution is 7.93. The van der Waals surface area contributed by atoms with Gasteiger partial charge in [-0.05, 0) is 31.0 Å². The maximum atomic E-state index is 12.9. The van der Waals surface area contributed by atoms with Crippen LogP contribution < -0.4 is 9.62 Å². The lowest BCUT2D eigenvalue weighted by Crippen LogP contribution is -2.25. The summed E-state index contributed by atoms with van der Waals surface area (Å²) in [5.74, 6) is -0.997. The Kier molecular flexibility index (Phi) is 4.60. The van der Waals surface area contributed by atoms with Crippen molar-refractivity contribution in [1.82, 2.24) is 19.6 Å². The molecule has 0 saturated carbocycles. The first-order chi connectivity index (χ1) is 13.6. The smallest absolute Gasteiger partial charge is 0.366 e. The molecule has 0 atom stereocenters. The number of alkyl halides is 3. The molecule has 29 heavy (non-hydrogen) atoms. The molecule has 4 rings (SSSR count). The lowest BCUT2D eigenvalue weighted by Gasteiger charge is -2.18. The zero-order valence-electron chi connectivity index (χ0n) is 15.3. The molecule has 0 radical (unpaired) electrons. The molecule has 12 heteroatoms. The minimum atomic E-state index is -4.67. The molecule has 0 spiro atoms. The standard InChI is InChI=1S/C17H17F3N6O2S/c1-11-8-14(26-16(22-11)23-15(24-26)17(18,19)20)21-10-12-4-2-5-13(9-12)25-6-3-7-29(25,27)28/h2,4-5,8-9,21H,3,6-7,10H2,1H3. The van der Waals surface area contributed by atoms with Crippen molar-refractivity contribution in [1.29, 1.82) is 0 Å². The van der Waals surface area contributed by atoms with Crippen LogP contribution in [-0.4, -0.2) is 40.3 Å². The van der Waals surface area contributed by atoms with Crippen molar-refractivity contribution >= 4 is 27.3 Å². The summed E-state index contributed by atoms with van der Waals surface area (Å²) in [7, 11) is -3.29. The van der Waals surface area contributed by atoms with Gasteiger partial charge in [-0.15, -0.1) is 5.10 Å². The molecule has 8 nitrogen and oxygen atoms in total. The number of aromatic nitrogens is 4. The molecule has 1 aliphatic heterocycles. The number of nitrogens with one attached hydrogen (secondary N) is 1. The molecule has 1 aromatic carbocycles. The van der Waals surface area contributed by atoms with Crippen LogP contribution in [0.2, 0.25) is 0 Å². The van der Waals surface area contributed by atoms with Gasteiger partial charge in [0.15, 0.2) is 0 Å². The molecule has 0 aliphatic carbocycles. The second kappa shape index (κ2) is 6.87. The fourth-order valence-electron chi connectivity index (χ4n) is 3.18. The number of hydrogen-bond acceptors (Lipinski definition) is 6. The van der Waals surface area contributed by atoms with Crippen molar-refractivity contribution in [3.8, 4) is 0 Å². The summed E-state index contributed by atoms with van der Waals surface area (Å²) in [4.78, 5) is 7.43. The van der Waals surface area contributed by atoms with Crippen LogP contribution in [0.3, 0.4) is 0 Å². The predicted molar refractivity (Wildman–Crippen MR) is 100 cm³/mol. The normalized spacial score (nSPS) is 16.5. The maximum absolute atomic E-state index is 12.9. The highest BCUT2D eigenvalue weighted by atomic mass is 32.2. The average molecular weight is 426 g/mol. The van der Waals surface area contributed by atoms with Crippen LogP contribution in [0.5, 0.6) is 0 Å². The maximum Gasteiger partial charge on any atom is 0.453 e. The second-order valence-electron chi connectivity index (χ2n) is 6.69. The molecule has 3 aromatic rings. The minimum Gasteiger partial charge on any atom is -0.366 e. The van der Waals surface area contributed by atoms with Gasteiger partial charge in [0.25, 0.3) is 11.6 Å². The number of rotatable bonds is 4. The molecular weight excluding hydrogens is 409 g/mol. The quantitative estimate of drug-likeness (QED) is 0.690. The minimum absolute atomic E-state index is 0.123. The number of anilines is 2. The van der Waals surface area contributed by atoms with Crippen molar-refractivity contribution in [3.05, 3.63) is 47.4 Å². The molecule has 0 amide bonds. The van der Waals surface area contributed by atoms with E-state index < -0.39 is 22.0 Å². The summed E-state index contributed by atoms with van der Waals surface area (Å²) >= 11 is 0. The third kappa shape index (κ3) is 3.84. The summed E-state index contributed by atoms with van der Waals surface area (Å²) in [5.41, 5.74) is 1.82. The Morgan fingerprint density at radius 3 is 2.69 bits per heavy atom. The van der Waals surface area contributed by atoms with E-state index in [1.807, 2.05) is 0 Å². The van der Waals surface area contributed by atoms with E-state index in [1.54, 1.807) is 37.3 Å². The van der Waals surface area contributed by atoms with Crippen LogP contribution in [-0.2, 0) is 22.7 Å². The molecule has 1 fully saturated rings. The van der Waals surface area contributed by atoms with E-state index in [9.17, 15) is 21.6 Å². The molecule has 154 valence electrons. The fraction of sp³-hybridized carbons (Fsp3) is 0.353. The van der Waals surface area contributed by atoms with Gasteiger partial charge >= 0.3 is 6.18 Å². The molecule has 1 N–H and O–H groups in total. The predicted octanol–water partition coefficient (Wildman–Crippen LogP) is 2.60. The van der Waals surface area contributed by atoms with Crippen molar-refractivity contribution in [2.75, 3.05) is 21.9 Å². The van der Waals surface area contributed by atoms with Crippen LogP contribution in [0.15, 0.2) is 30.3 Å². The van der Waals surface area contributed by atoms with Crippen LogP contribution in [0.25, 0.3) is 5.78 Å². The zero-order valence-corrected chi connectivity index (χ0v) is 16.1. The third-order valence-corrected chi connectivity index (χ3v) is 6.33. The van der Waals surface area contributed by atoms with E-state index in [4.69, 9.17) is 0 Å². The Morgan fingerprint density at radius 2 is 2.00 bits per heavy atom. The van der Waals surface area contributed by atoms with Gasteiger partial charge in [-0.25, -0.2) is 13.4 Å². The second-order valence-corrected chi connectivity index (χ2v) is 8.71. The topological polar surface area (TPSA) is 92.5 Å². The van der Waals surface area contributed by atoms with E-state index in [0.29, 0.717) is 30.2 Å². The van der Waals surface area contributed by atoms with Gasteiger partial charge in [0.1, 0.15) is 5.82 Å². The summed E-state index contributed by atoms with van der Waals surface area (Å²) in [6.07, 6.45) is -4.10. The van der Waals surface area contributed by atoms with E-state index in [1.165, 1.54) is 4.31 Å². The largest absolute Gasteiger partial charge is 0.453 e. The van der Waals surface area contributed by atoms with Gasteiger partial charge in [-0.3, -0.25) is 4.31 Å². The Hall–Kier alpha value is -2.89. The van der Waals surface area contributed by atoms with Gasteiger partial charge in [0.05, 0.1) is 11.4 Å². The number of nitrogens with zero attached hydrogens (tertiary/aromatic N) is 5. The Balaban J connectivity index is 1.60. The van der Waals surface area contributed by atoms with E-state index in [-0.39, 0.29) is 18.1 Å². The van der Waals surface area contributed by atoms with Crippen LogP contribution in [0.1, 0.15) is 23.5 Å². The molecule has 1 saturated heterocycles. The van der Waals surface area contributed by atoms with Gasteiger partial charge in [0.2, 0.25) is 10.0 Å². The molecule has 0 unspecified atom stereocenters. The van der Waals surface area contributed by atoms with Crippen LogP contribution in [0, 0.1) is 6.92 Å². The lowest BCUT2D eigenvalue weighted by molar-refractivity contribution is -0.144. The molecular formula is C17H17F3N6O2S. The van der Waals surface area contributed by atoms with Crippen molar-refractivity contribution in [2.45, 2.75) is 26.1 Å². The average Bonchev–Trinajstić information content (AvgIpc) is 3.22. The highest BCUT2D eigenvalue weighted by Gasteiger charge is 2.37. The van der Waals surface area contributed by atoms with E-state index in [0.717, 1.165) is 10.1 Å². The Labute approximate surface area is 164 Å². The monoisotopic (exact) mass is 426 g/mol. The summed E-state index contributed by atoms with van der Waals surface area (Å²) < 4.78 is 65.4. The summed E-state index contributed by atoms with van der Waals surface area (Å²) in [5, 5.41) is 6.54.